The van der Waals surface area contributed by atoms with Crippen LogP contribution in [0.2, 0.25) is 0 Å². The Labute approximate surface area is 111 Å². The van der Waals surface area contributed by atoms with Gasteiger partial charge in [0.15, 0.2) is 5.65 Å². The highest BCUT2D eigenvalue weighted by atomic mass is 15.2. The maximum absolute atomic E-state index is 4.38. The molecule has 0 bridgehead atoms. The second-order valence-corrected chi connectivity index (χ2v) is 4.51. The number of hydrogen-bond acceptors (Lipinski definition) is 4. The summed E-state index contributed by atoms with van der Waals surface area (Å²) in [4.78, 5) is 8.38. The van der Waals surface area contributed by atoms with Gasteiger partial charge in [-0.05, 0) is 24.6 Å². The number of pyridine rings is 1. The fraction of sp³-hybridized carbons (Fsp3) is 0.214. The third-order valence-corrected chi connectivity index (χ3v) is 2.90. The zero-order valence-corrected chi connectivity index (χ0v) is 10.7. The fourth-order valence-corrected chi connectivity index (χ4v) is 1.98. The van der Waals surface area contributed by atoms with Gasteiger partial charge in [0.05, 0.1) is 5.69 Å². The van der Waals surface area contributed by atoms with Gasteiger partial charge in [-0.1, -0.05) is 0 Å². The highest BCUT2D eigenvalue weighted by molar-refractivity contribution is 5.38. The van der Waals surface area contributed by atoms with Gasteiger partial charge in [0.25, 0.3) is 0 Å². The van der Waals surface area contributed by atoms with E-state index < -0.39 is 0 Å². The predicted molar refractivity (Wildman–Crippen MR) is 72.5 cm³/mol. The summed E-state index contributed by atoms with van der Waals surface area (Å²) in [5.74, 6) is 0. The van der Waals surface area contributed by atoms with E-state index in [0.717, 1.165) is 30.0 Å². The SMILES string of the molecule is Cc1cc2ncc(CNCc3ccncc3)cn2n1. The minimum Gasteiger partial charge on any atom is -0.309 e. The van der Waals surface area contributed by atoms with Crippen LogP contribution in [-0.4, -0.2) is 19.6 Å². The predicted octanol–water partition coefficient (Wildman–Crippen LogP) is 1.72. The molecule has 0 saturated carbocycles. The number of nitrogens with one attached hydrogen (secondary N) is 1. The van der Waals surface area contributed by atoms with Crippen molar-refractivity contribution < 1.29 is 0 Å². The zero-order valence-electron chi connectivity index (χ0n) is 10.7. The Morgan fingerprint density at radius 2 is 1.95 bits per heavy atom. The highest BCUT2D eigenvalue weighted by Crippen LogP contribution is 2.05. The van der Waals surface area contributed by atoms with E-state index in [1.807, 2.05) is 42.0 Å². The van der Waals surface area contributed by atoms with Gasteiger partial charge in [-0.3, -0.25) is 4.98 Å². The molecule has 3 heterocycles. The normalized spacial score (nSPS) is 11.0. The Morgan fingerprint density at radius 1 is 1.16 bits per heavy atom. The van der Waals surface area contributed by atoms with Crippen molar-refractivity contribution in [3.63, 3.8) is 0 Å². The highest BCUT2D eigenvalue weighted by Gasteiger charge is 2.00. The first kappa shape index (κ1) is 11.8. The molecule has 0 amide bonds. The Balaban J connectivity index is 1.65. The molecule has 5 nitrogen and oxygen atoms in total. The quantitative estimate of drug-likeness (QED) is 0.769. The summed E-state index contributed by atoms with van der Waals surface area (Å²) >= 11 is 0. The number of aromatic nitrogens is 4. The van der Waals surface area contributed by atoms with E-state index in [0.29, 0.717) is 0 Å². The average molecular weight is 253 g/mol. The number of fused-ring (bicyclic) bond motifs is 1. The van der Waals surface area contributed by atoms with Crippen LogP contribution in [0.15, 0.2) is 43.0 Å². The van der Waals surface area contributed by atoms with Crippen molar-refractivity contribution in [2.24, 2.45) is 0 Å². The lowest BCUT2D eigenvalue weighted by atomic mass is 10.2. The molecule has 0 aliphatic carbocycles. The monoisotopic (exact) mass is 253 g/mol. The Hall–Kier alpha value is -2.27. The summed E-state index contributed by atoms with van der Waals surface area (Å²) in [5.41, 5.74) is 4.20. The van der Waals surface area contributed by atoms with Crippen molar-refractivity contribution in [2.45, 2.75) is 20.0 Å². The van der Waals surface area contributed by atoms with Gasteiger partial charge >= 0.3 is 0 Å². The first-order valence-corrected chi connectivity index (χ1v) is 6.22. The molecule has 96 valence electrons. The Kier molecular flexibility index (Phi) is 3.20. The van der Waals surface area contributed by atoms with Crippen LogP contribution in [0.1, 0.15) is 16.8 Å². The largest absolute Gasteiger partial charge is 0.309 e. The van der Waals surface area contributed by atoms with Gasteiger partial charge < -0.3 is 5.32 Å². The van der Waals surface area contributed by atoms with Crippen LogP contribution >= 0.6 is 0 Å². The van der Waals surface area contributed by atoms with Gasteiger partial charge in [-0.25, -0.2) is 9.50 Å². The first-order chi connectivity index (χ1) is 9.31. The topological polar surface area (TPSA) is 55.1 Å². The van der Waals surface area contributed by atoms with E-state index in [4.69, 9.17) is 0 Å². The second-order valence-electron chi connectivity index (χ2n) is 4.51. The molecule has 0 radical (unpaired) electrons. The molecule has 0 aliphatic rings. The number of hydrogen-bond donors (Lipinski definition) is 1. The minimum atomic E-state index is 0.768. The molecule has 0 unspecified atom stereocenters. The Bertz CT molecular complexity index is 675. The van der Waals surface area contributed by atoms with Crippen molar-refractivity contribution in [1.29, 1.82) is 0 Å². The molecule has 5 heteroatoms. The molecule has 3 aromatic rings. The molecule has 19 heavy (non-hydrogen) atoms. The molecule has 1 N–H and O–H groups in total. The molecule has 3 rings (SSSR count). The molecule has 0 fully saturated rings. The standard InChI is InChI=1S/C14H15N5/c1-11-6-14-17-9-13(10-19(14)18-11)8-16-7-12-2-4-15-5-3-12/h2-6,9-10,16H,7-8H2,1H3. The molecule has 0 atom stereocenters. The van der Waals surface area contributed by atoms with Gasteiger partial charge in [0, 0.05) is 49.5 Å². The van der Waals surface area contributed by atoms with E-state index in [1.165, 1.54) is 5.56 Å². The third kappa shape index (κ3) is 2.77. The van der Waals surface area contributed by atoms with Gasteiger partial charge in [-0.15, -0.1) is 0 Å². The third-order valence-electron chi connectivity index (χ3n) is 2.90. The van der Waals surface area contributed by atoms with Crippen molar-refractivity contribution >= 4 is 5.65 Å². The second kappa shape index (κ2) is 5.16. The lowest BCUT2D eigenvalue weighted by Crippen LogP contribution is -2.13. The number of nitrogens with zero attached hydrogens (tertiary/aromatic N) is 4. The summed E-state index contributed by atoms with van der Waals surface area (Å²) < 4.78 is 1.82. The smallest absolute Gasteiger partial charge is 0.155 e. The summed E-state index contributed by atoms with van der Waals surface area (Å²) in [6.45, 7) is 3.55. The van der Waals surface area contributed by atoms with E-state index in [1.54, 1.807) is 12.4 Å². The minimum absolute atomic E-state index is 0.768. The van der Waals surface area contributed by atoms with Crippen LogP contribution in [0.4, 0.5) is 0 Å². The van der Waals surface area contributed by atoms with Crippen LogP contribution in [0.5, 0.6) is 0 Å². The van der Waals surface area contributed by atoms with E-state index in [2.05, 4.69) is 20.4 Å². The average Bonchev–Trinajstić information content (AvgIpc) is 2.79. The summed E-state index contributed by atoms with van der Waals surface area (Å²) in [7, 11) is 0. The zero-order chi connectivity index (χ0) is 13.1. The molecular formula is C14H15N5. The van der Waals surface area contributed by atoms with Crippen LogP contribution in [0.25, 0.3) is 5.65 Å². The van der Waals surface area contributed by atoms with Crippen molar-refractivity contribution in [3.05, 3.63) is 59.8 Å². The lowest BCUT2D eigenvalue weighted by molar-refractivity contribution is 0.685. The van der Waals surface area contributed by atoms with Crippen molar-refractivity contribution in [3.8, 4) is 0 Å². The molecule has 0 spiro atoms. The molecule has 0 aromatic carbocycles. The van der Waals surface area contributed by atoms with Gasteiger partial charge in [-0.2, -0.15) is 5.10 Å². The van der Waals surface area contributed by atoms with E-state index >= 15 is 0 Å². The maximum Gasteiger partial charge on any atom is 0.155 e. The molecule has 0 saturated heterocycles. The molecular weight excluding hydrogens is 238 g/mol. The summed E-state index contributed by atoms with van der Waals surface area (Å²) in [6, 6.07) is 5.98. The van der Waals surface area contributed by atoms with Crippen LogP contribution in [0.3, 0.4) is 0 Å². The lowest BCUT2D eigenvalue weighted by Gasteiger charge is -2.05. The Morgan fingerprint density at radius 3 is 2.79 bits per heavy atom. The maximum atomic E-state index is 4.38. The summed E-state index contributed by atoms with van der Waals surface area (Å²) in [5, 5.41) is 7.74. The van der Waals surface area contributed by atoms with Gasteiger partial charge in [0.1, 0.15) is 0 Å². The first-order valence-electron chi connectivity index (χ1n) is 6.22. The number of aryl methyl sites for hydroxylation is 1. The van der Waals surface area contributed by atoms with Crippen LogP contribution in [0, 0.1) is 6.92 Å². The molecule has 3 aromatic heterocycles. The van der Waals surface area contributed by atoms with Gasteiger partial charge in [0.2, 0.25) is 0 Å². The van der Waals surface area contributed by atoms with Crippen molar-refractivity contribution in [1.82, 2.24) is 24.9 Å². The van der Waals surface area contributed by atoms with Crippen LogP contribution in [-0.2, 0) is 13.1 Å². The van der Waals surface area contributed by atoms with Crippen molar-refractivity contribution in [2.75, 3.05) is 0 Å². The molecule has 0 aliphatic heterocycles. The fourth-order valence-electron chi connectivity index (χ4n) is 1.98. The van der Waals surface area contributed by atoms with E-state index in [-0.39, 0.29) is 0 Å². The number of rotatable bonds is 4. The van der Waals surface area contributed by atoms with Crippen LogP contribution < -0.4 is 5.32 Å². The van der Waals surface area contributed by atoms with E-state index in [9.17, 15) is 0 Å². The summed E-state index contributed by atoms with van der Waals surface area (Å²) in [6.07, 6.45) is 7.50.